The molecule has 5 heterocycles. The molecule has 5 fully saturated rings. The van der Waals surface area contributed by atoms with Crippen LogP contribution in [0.5, 0.6) is 5.75 Å². The maximum atomic E-state index is 13.9. The molecule has 4 aromatic rings. The first-order chi connectivity index (χ1) is 23.0. The van der Waals surface area contributed by atoms with Gasteiger partial charge < -0.3 is 29.4 Å². The number of pyridine rings is 1. The van der Waals surface area contributed by atoms with Gasteiger partial charge in [-0.1, -0.05) is 19.3 Å². The van der Waals surface area contributed by atoms with Gasteiger partial charge in [0.15, 0.2) is 5.82 Å². The second kappa shape index (κ2) is 11.4. The monoisotopic (exact) mass is 635 g/mol. The number of rotatable bonds is 8. The molecule has 3 saturated carbocycles. The summed E-state index contributed by atoms with van der Waals surface area (Å²) in [6, 6.07) is 10.3. The van der Waals surface area contributed by atoms with Gasteiger partial charge in [-0.25, -0.2) is 9.97 Å². The number of piperidine rings is 1. The fourth-order valence-electron chi connectivity index (χ4n) is 9.08. The van der Waals surface area contributed by atoms with Crippen molar-refractivity contribution in [1.29, 1.82) is 0 Å². The van der Waals surface area contributed by atoms with Crippen LogP contribution in [0, 0.1) is 23.7 Å². The fourth-order valence-corrected chi connectivity index (χ4v) is 9.08. The van der Waals surface area contributed by atoms with Crippen LogP contribution in [0.4, 0.5) is 0 Å². The standard InChI is InChI=1S/C37H45N7O3/c1-47-31-16-27(37(46)43-21-26-11-12-29(43)32(26)38)14-28-33(31)44(20-23-17-41(18-23)36(45)24-6-3-2-4-7-24)35(40-28)30-15-25-8-5-13-39-34(25)42(30)19-22-9-10-22/h5,8,13-16,22-24,26,29,32H,2-4,6-7,9-12,17-21,38H2,1H3/t26-,29-,32-/m1/s1. The van der Waals surface area contributed by atoms with Crippen LogP contribution < -0.4 is 10.5 Å². The quantitative estimate of drug-likeness (QED) is 0.289. The number of benzene rings is 1. The second-order valence-electron chi connectivity index (χ2n) is 15.0. The minimum atomic E-state index is 0.00635. The molecular formula is C37H45N7O3. The number of carbonyl (C=O) groups excluding carboxylic acids is 2. The molecule has 10 heteroatoms. The zero-order valence-corrected chi connectivity index (χ0v) is 27.3. The van der Waals surface area contributed by atoms with Gasteiger partial charge in [0, 0.05) is 73.8 Å². The van der Waals surface area contributed by atoms with Crippen molar-refractivity contribution in [2.75, 3.05) is 26.7 Å². The van der Waals surface area contributed by atoms with E-state index in [0.29, 0.717) is 41.5 Å². The number of hydrogen-bond donors (Lipinski definition) is 1. The molecule has 47 heavy (non-hydrogen) atoms. The Bertz CT molecular complexity index is 1860. The summed E-state index contributed by atoms with van der Waals surface area (Å²) in [7, 11) is 1.68. The third kappa shape index (κ3) is 4.93. The van der Waals surface area contributed by atoms with E-state index in [2.05, 4.69) is 26.2 Å². The van der Waals surface area contributed by atoms with Crippen LogP contribution in [-0.2, 0) is 17.9 Å². The Balaban J connectivity index is 1.11. The minimum Gasteiger partial charge on any atom is -0.494 e. The van der Waals surface area contributed by atoms with Gasteiger partial charge in [0.1, 0.15) is 16.9 Å². The molecule has 3 aliphatic carbocycles. The maximum Gasteiger partial charge on any atom is 0.254 e. The van der Waals surface area contributed by atoms with E-state index in [1.165, 1.54) is 19.3 Å². The van der Waals surface area contributed by atoms with Crippen LogP contribution in [0.1, 0.15) is 68.1 Å². The smallest absolute Gasteiger partial charge is 0.254 e. The van der Waals surface area contributed by atoms with Crippen molar-refractivity contribution in [2.45, 2.75) is 83.0 Å². The molecule has 2 aliphatic heterocycles. The Hall–Kier alpha value is -3.92. The minimum absolute atomic E-state index is 0.00635. The number of aromatic nitrogens is 4. The van der Waals surface area contributed by atoms with Gasteiger partial charge >= 0.3 is 0 Å². The lowest BCUT2D eigenvalue weighted by molar-refractivity contribution is -0.143. The normalized spacial score (nSPS) is 24.9. The molecule has 2 N–H and O–H groups in total. The molecule has 5 aliphatic rings. The van der Waals surface area contributed by atoms with Gasteiger partial charge in [-0.3, -0.25) is 9.59 Å². The summed E-state index contributed by atoms with van der Waals surface area (Å²) in [6.07, 6.45) is 12.0. The van der Waals surface area contributed by atoms with Crippen LogP contribution in [-0.4, -0.2) is 79.5 Å². The Morgan fingerprint density at radius 3 is 2.47 bits per heavy atom. The highest BCUT2D eigenvalue weighted by molar-refractivity contribution is 6.00. The predicted octanol–water partition coefficient (Wildman–Crippen LogP) is 5.07. The lowest BCUT2D eigenvalue weighted by Crippen LogP contribution is -2.53. The summed E-state index contributed by atoms with van der Waals surface area (Å²) < 4.78 is 10.7. The Morgan fingerprint density at radius 1 is 0.936 bits per heavy atom. The molecule has 9 rings (SSSR count). The zero-order valence-electron chi connectivity index (χ0n) is 27.3. The van der Waals surface area contributed by atoms with E-state index in [-0.39, 0.29) is 23.9 Å². The summed E-state index contributed by atoms with van der Waals surface area (Å²) in [5.74, 6) is 3.39. The first-order valence-corrected chi connectivity index (χ1v) is 17.8. The molecule has 0 spiro atoms. The third-order valence-corrected chi connectivity index (χ3v) is 11.9. The molecule has 3 atom stereocenters. The zero-order chi connectivity index (χ0) is 31.8. The number of ether oxygens (including phenoxy) is 1. The van der Waals surface area contributed by atoms with Crippen molar-refractivity contribution in [3.63, 3.8) is 0 Å². The molecule has 1 aromatic carbocycles. The number of amides is 2. The predicted molar refractivity (Wildman–Crippen MR) is 180 cm³/mol. The number of carbonyl (C=O) groups is 2. The summed E-state index contributed by atoms with van der Waals surface area (Å²) in [6.45, 7) is 3.87. The van der Waals surface area contributed by atoms with Crippen molar-refractivity contribution in [3.8, 4) is 17.3 Å². The number of imidazole rings is 1. The summed E-state index contributed by atoms with van der Waals surface area (Å²) >= 11 is 0. The molecule has 0 radical (unpaired) electrons. The van der Waals surface area contributed by atoms with Crippen LogP contribution in [0.15, 0.2) is 36.5 Å². The number of hydrogen-bond acceptors (Lipinski definition) is 6. The highest BCUT2D eigenvalue weighted by Gasteiger charge is 2.47. The van der Waals surface area contributed by atoms with Crippen molar-refractivity contribution < 1.29 is 14.3 Å². The summed E-state index contributed by atoms with van der Waals surface area (Å²) in [4.78, 5) is 41.4. The van der Waals surface area contributed by atoms with E-state index < -0.39 is 0 Å². The number of nitrogens with zero attached hydrogens (tertiary/aromatic N) is 6. The lowest BCUT2D eigenvalue weighted by Gasteiger charge is -2.42. The van der Waals surface area contributed by atoms with Crippen molar-refractivity contribution in [3.05, 3.63) is 42.1 Å². The first kappa shape index (κ1) is 29.2. The molecule has 246 valence electrons. The average molecular weight is 636 g/mol. The van der Waals surface area contributed by atoms with Gasteiger partial charge in [0.05, 0.1) is 18.3 Å². The van der Waals surface area contributed by atoms with Crippen LogP contribution >= 0.6 is 0 Å². The second-order valence-corrected chi connectivity index (χ2v) is 15.0. The molecule has 2 bridgehead atoms. The van der Waals surface area contributed by atoms with Gasteiger partial charge in [0.25, 0.3) is 5.91 Å². The van der Waals surface area contributed by atoms with Crippen LogP contribution in [0.2, 0.25) is 0 Å². The van der Waals surface area contributed by atoms with Crippen LogP contribution in [0.3, 0.4) is 0 Å². The van der Waals surface area contributed by atoms with Crippen LogP contribution in [0.25, 0.3) is 33.6 Å². The lowest BCUT2D eigenvalue weighted by atomic mass is 9.86. The van der Waals surface area contributed by atoms with E-state index in [4.69, 9.17) is 20.4 Å². The topological polar surface area (TPSA) is 112 Å². The molecule has 2 amide bonds. The van der Waals surface area contributed by atoms with Crippen molar-refractivity contribution in [2.24, 2.45) is 29.4 Å². The number of fused-ring (bicyclic) bond motifs is 4. The van der Waals surface area contributed by atoms with E-state index in [0.717, 1.165) is 98.3 Å². The number of likely N-dealkylation sites (tertiary alicyclic amines) is 2. The largest absolute Gasteiger partial charge is 0.494 e. The van der Waals surface area contributed by atoms with E-state index in [1.54, 1.807) is 7.11 Å². The highest BCUT2D eigenvalue weighted by Crippen LogP contribution is 2.41. The number of methoxy groups -OCH3 is 1. The van der Waals surface area contributed by atoms with Gasteiger partial charge in [-0.15, -0.1) is 0 Å². The average Bonchev–Trinajstić information content (AvgIpc) is 3.44. The highest BCUT2D eigenvalue weighted by atomic mass is 16.5. The summed E-state index contributed by atoms with van der Waals surface area (Å²) in [5, 5.41) is 1.10. The fraction of sp³-hybridized carbons (Fsp3) is 0.568. The number of nitrogens with two attached hydrogens (primary N) is 1. The SMILES string of the molecule is COc1cc(C(=O)N2C[C@H]3CC[C@@H]2[C@@H]3N)cc2nc(-c3cc4cccnc4n3CC3CC3)n(CC3CN(C(=O)C4CCCCC4)C3)c12. The molecule has 10 nitrogen and oxygen atoms in total. The Morgan fingerprint density at radius 2 is 1.74 bits per heavy atom. The van der Waals surface area contributed by atoms with Crippen molar-refractivity contribution >= 4 is 33.9 Å². The Kier molecular flexibility index (Phi) is 7.06. The molecule has 3 aromatic heterocycles. The first-order valence-electron chi connectivity index (χ1n) is 17.8. The van der Waals surface area contributed by atoms with Gasteiger partial charge in [-0.05, 0) is 80.7 Å². The van der Waals surface area contributed by atoms with Gasteiger partial charge in [0.2, 0.25) is 5.91 Å². The van der Waals surface area contributed by atoms with Crippen molar-refractivity contribution in [1.82, 2.24) is 28.9 Å². The summed E-state index contributed by atoms with van der Waals surface area (Å²) in [5.41, 5.74) is 10.7. The maximum absolute atomic E-state index is 13.9. The van der Waals surface area contributed by atoms with E-state index in [9.17, 15) is 9.59 Å². The third-order valence-electron chi connectivity index (χ3n) is 11.9. The molecule has 2 saturated heterocycles. The Labute approximate surface area is 275 Å². The molecular weight excluding hydrogens is 590 g/mol. The van der Waals surface area contributed by atoms with E-state index in [1.807, 2.05) is 29.3 Å². The van der Waals surface area contributed by atoms with E-state index >= 15 is 0 Å². The molecule has 0 unspecified atom stereocenters. The van der Waals surface area contributed by atoms with Gasteiger partial charge in [-0.2, -0.15) is 0 Å².